The maximum atomic E-state index is 6.34. The van der Waals surface area contributed by atoms with Gasteiger partial charge in [0.15, 0.2) is 5.15 Å². The number of imidazole rings is 1. The van der Waals surface area contributed by atoms with Crippen LogP contribution in [-0.2, 0) is 13.0 Å². The predicted molar refractivity (Wildman–Crippen MR) is 78.8 cm³/mol. The zero-order valence-corrected chi connectivity index (χ0v) is 13.0. The zero-order chi connectivity index (χ0) is 13.6. The van der Waals surface area contributed by atoms with Crippen LogP contribution in [0.1, 0.15) is 51.0 Å². The Morgan fingerprint density at radius 3 is 2.74 bits per heavy atom. The van der Waals surface area contributed by atoms with E-state index in [1.807, 2.05) is 0 Å². The molecule has 0 amide bonds. The number of halogens is 1. The lowest BCUT2D eigenvalue weighted by molar-refractivity contribution is 0.270. The first-order valence-electron chi connectivity index (χ1n) is 7.55. The molecule has 2 atom stereocenters. The third kappa shape index (κ3) is 2.43. The van der Waals surface area contributed by atoms with Gasteiger partial charge in [-0.2, -0.15) is 0 Å². The molecule has 0 saturated carbocycles. The molecule has 3 nitrogen and oxygen atoms in total. The second kappa shape index (κ2) is 5.10. The van der Waals surface area contributed by atoms with Gasteiger partial charge in [0.25, 0.3) is 0 Å². The summed E-state index contributed by atoms with van der Waals surface area (Å²) in [6.45, 7) is 10.3. The summed E-state index contributed by atoms with van der Waals surface area (Å²) in [6, 6.07) is 0.634. The summed E-state index contributed by atoms with van der Waals surface area (Å²) in [5.74, 6) is 2.56. The van der Waals surface area contributed by atoms with E-state index in [4.69, 9.17) is 16.6 Å². The van der Waals surface area contributed by atoms with Gasteiger partial charge in [0.2, 0.25) is 0 Å². The topological polar surface area (TPSA) is 21.1 Å². The standard InChI is InChI=1S/C15H24ClN3/c1-10(2)18-7-6-12(9-18)15-17-14(16)13-5-4-11(3)8-19(13)15/h10-12H,4-9H2,1-3H3. The minimum absolute atomic E-state index is 0.568. The summed E-state index contributed by atoms with van der Waals surface area (Å²) in [5, 5.41) is 0.755. The molecule has 0 spiro atoms. The first-order valence-corrected chi connectivity index (χ1v) is 7.93. The van der Waals surface area contributed by atoms with Crippen molar-refractivity contribution in [1.29, 1.82) is 0 Å². The first-order chi connectivity index (χ1) is 9.06. The molecule has 0 N–H and O–H groups in total. The first kappa shape index (κ1) is 13.4. The summed E-state index contributed by atoms with van der Waals surface area (Å²) in [5.41, 5.74) is 1.28. The number of fused-ring (bicyclic) bond motifs is 1. The SMILES string of the molecule is CC1CCc2c(Cl)nc(C3CCN(C(C)C)C3)n2C1. The fraction of sp³-hybridized carbons (Fsp3) is 0.800. The predicted octanol–water partition coefficient (Wildman–Crippen LogP) is 3.32. The van der Waals surface area contributed by atoms with Gasteiger partial charge in [-0.1, -0.05) is 18.5 Å². The maximum absolute atomic E-state index is 6.34. The summed E-state index contributed by atoms with van der Waals surface area (Å²) in [4.78, 5) is 7.25. The van der Waals surface area contributed by atoms with Crippen molar-refractivity contribution >= 4 is 11.6 Å². The smallest absolute Gasteiger partial charge is 0.150 e. The van der Waals surface area contributed by atoms with Crippen molar-refractivity contribution < 1.29 is 0 Å². The van der Waals surface area contributed by atoms with Gasteiger partial charge in [-0.3, -0.25) is 0 Å². The van der Waals surface area contributed by atoms with Crippen molar-refractivity contribution in [3.8, 4) is 0 Å². The highest BCUT2D eigenvalue weighted by molar-refractivity contribution is 6.30. The molecule has 4 heteroatoms. The minimum Gasteiger partial charge on any atom is -0.330 e. The van der Waals surface area contributed by atoms with E-state index >= 15 is 0 Å². The fourth-order valence-electron chi connectivity index (χ4n) is 3.48. The Morgan fingerprint density at radius 2 is 2.05 bits per heavy atom. The highest BCUT2D eigenvalue weighted by Gasteiger charge is 2.32. The summed E-state index contributed by atoms with van der Waals surface area (Å²) in [6.07, 6.45) is 3.56. The quantitative estimate of drug-likeness (QED) is 0.829. The largest absolute Gasteiger partial charge is 0.330 e. The van der Waals surface area contributed by atoms with Crippen LogP contribution < -0.4 is 0 Å². The monoisotopic (exact) mass is 281 g/mol. The Hall–Kier alpha value is -0.540. The molecule has 1 aromatic rings. The molecule has 0 bridgehead atoms. The van der Waals surface area contributed by atoms with Crippen molar-refractivity contribution in [3.05, 3.63) is 16.7 Å². The molecule has 0 aromatic carbocycles. The van der Waals surface area contributed by atoms with Crippen LogP contribution in [0.15, 0.2) is 0 Å². The molecule has 19 heavy (non-hydrogen) atoms. The number of rotatable bonds is 2. The Morgan fingerprint density at radius 1 is 1.26 bits per heavy atom. The highest BCUT2D eigenvalue weighted by Crippen LogP contribution is 2.34. The summed E-state index contributed by atoms with van der Waals surface area (Å²) >= 11 is 6.34. The number of nitrogens with zero attached hydrogens (tertiary/aromatic N) is 3. The van der Waals surface area contributed by atoms with Crippen molar-refractivity contribution in [2.75, 3.05) is 13.1 Å². The summed E-state index contributed by atoms with van der Waals surface area (Å²) in [7, 11) is 0. The van der Waals surface area contributed by atoms with Crippen LogP contribution in [0.3, 0.4) is 0 Å². The van der Waals surface area contributed by atoms with Crippen LogP contribution in [0.2, 0.25) is 5.15 Å². The van der Waals surface area contributed by atoms with Crippen LogP contribution in [0.25, 0.3) is 0 Å². The van der Waals surface area contributed by atoms with Gasteiger partial charge in [0.05, 0.1) is 5.69 Å². The molecule has 3 heterocycles. The summed E-state index contributed by atoms with van der Waals surface area (Å²) < 4.78 is 2.42. The van der Waals surface area contributed by atoms with E-state index in [-0.39, 0.29) is 0 Å². The van der Waals surface area contributed by atoms with E-state index < -0.39 is 0 Å². The Balaban J connectivity index is 1.86. The van der Waals surface area contributed by atoms with Crippen molar-refractivity contribution in [2.24, 2.45) is 5.92 Å². The van der Waals surface area contributed by atoms with E-state index in [1.54, 1.807) is 0 Å². The van der Waals surface area contributed by atoms with Crippen LogP contribution in [0, 0.1) is 5.92 Å². The molecule has 2 unspecified atom stereocenters. The minimum atomic E-state index is 0.568. The molecule has 0 aliphatic carbocycles. The molecule has 2 aliphatic heterocycles. The molecule has 106 valence electrons. The average Bonchev–Trinajstić information content (AvgIpc) is 2.94. The number of aromatic nitrogens is 2. The third-order valence-corrected chi connectivity index (χ3v) is 5.04. The maximum Gasteiger partial charge on any atom is 0.150 e. The van der Waals surface area contributed by atoms with Gasteiger partial charge in [-0.15, -0.1) is 0 Å². The van der Waals surface area contributed by atoms with Crippen molar-refractivity contribution in [3.63, 3.8) is 0 Å². The van der Waals surface area contributed by atoms with Crippen LogP contribution in [0.5, 0.6) is 0 Å². The fourth-order valence-corrected chi connectivity index (χ4v) is 3.76. The van der Waals surface area contributed by atoms with Crippen molar-refractivity contribution in [1.82, 2.24) is 14.5 Å². The molecular weight excluding hydrogens is 258 g/mol. The van der Waals surface area contributed by atoms with Gasteiger partial charge in [0, 0.05) is 25.0 Å². The van der Waals surface area contributed by atoms with Gasteiger partial charge in [-0.05, 0) is 45.6 Å². The normalized spacial score (nSPS) is 28.1. The molecule has 1 saturated heterocycles. The molecule has 3 rings (SSSR count). The van der Waals surface area contributed by atoms with E-state index in [9.17, 15) is 0 Å². The number of hydrogen-bond donors (Lipinski definition) is 0. The molecule has 1 fully saturated rings. The van der Waals surface area contributed by atoms with Gasteiger partial charge < -0.3 is 9.47 Å². The molecule has 1 aromatic heterocycles. The molecule has 2 aliphatic rings. The highest BCUT2D eigenvalue weighted by atomic mass is 35.5. The Bertz CT molecular complexity index is 466. The zero-order valence-electron chi connectivity index (χ0n) is 12.2. The van der Waals surface area contributed by atoms with Gasteiger partial charge in [-0.25, -0.2) is 4.98 Å². The van der Waals surface area contributed by atoms with E-state index in [1.165, 1.54) is 30.9 Å². The van der Waals surface area contributed by atoms with E-state index in [0.29, 0.717) is 12.0 Å². The van der Waals surface area contributed by atoms with E-state index in [0.717, 1.165) is 30.6 Å². The number of likely N-dealkylation sites (tertiary alicyclic amines) is 1. The Labute approximate surface area is 121 Å². The van der Waals surface area contributed by atoms with Crippen molar-refractivity contribution in [2.45, 2.75) is 58.5 Å². The third-order valence-electron chi connectivity index (χ3n) is 4.74. The van der Waals surface area contributed by atoms with Crippen LogP contribution >= 0.6 is 11.6 Å². The molecular formula is C15H24ClN3. The number of hydrogen-bond acceptors (Lipinski definition) is 2. The lowest BCUT2D eigenvalue weighted by atomic mass is 9.99. The van der Waals surface area contributed by atoms with Crippen LogP contribution in [0.4, 0.5) is 0 Å². The average molecular weight is 282 g/mol. The van der Waals surface area contributed by atoms with Gasteiger partial charge in [0.1, 0.15) is 5.82 Å². The lowest BCUT2D eigenvalue weighted by Gasteiger charge is -2.24. The Kier molecular flexibility index (Phi) is 3.61. The molecule has 0 radical (unpaired) electrons. The van der Waals surface area contributed by atoms with E-state index in [2.05, 4.69) is 30.2 Å². The second-order valence-electron chi connectivity index (χ2n) is 6.54. The van der Waals surface area contributed by atoms with Gasteiger partial charge >= 0.3 is 0 Å². The van der Waals surface area contributed by atoms with Crippen LogP contribution in [-0.4, -0.2) is 33.6 Å². The lowest BCUT2D eigenvalue weighted by Crippen LogP contribution is -2.28. The second-order valence-corrected chi connectivity index (χ2v) is 6.89.